The van der Waals surface area contributed by atoms with Crippen LogP contribution in [0.1, 0.15) is 43.2 Å². The van der Waals surface area contributed by atoms with Crippen LogP contribution in [0.15, 0.2) is 71.6 Å². The summed E-state index contributed by atoms with van der Waals surface area (Å²) in [4.78, 5) is 17.5. The lowest BCUT2D eigenvalue weighted by Gasteiger charge is -2.38. The van der Waals surface area contributed by atoms with E-state index in [9.17, 15) is 13.2 Å². The fraction of sp³-hybridized carbons (Fsp3) is 0.400. The number of benzene rings is 3. The maximum absolute atomic E-state index is 13.9. The maximum Gasteiger partial charge on any atom is 0.241 e. The zero-order chi connectivity index (χ0) is 27.4. The smallest absolute Gasteiger partial charge is 0.241 e. The number of piperidine rings is 2. The van der Waals surface area contributed by atoms with Gasteiger partial charge in [0.05, 0.1) is 24.0 Å². The SMILES string of the molecule is N=C(N)c1cccc(CC(NS(=O)(=O)c2ccc3ccccc3c2)C(=O)N2CCC([NH+]3CCCCC3)CC2)c1. The van der Waals surface area contributed by atoms with Gasteiger partial charge >= 0.3 is 0 Å². The van der Waals surface area contributed by atoms with Crippen molar-refractivity contribution in [2.75, 3.05) is 26.2 Å². The van der Waals surface area contributed by atoms with Crippen LogP contribution in [0.4, 0.5) is 0 Å². The lowest BCUT2D eigenvalue weighted by molar-refractivity contribution is -0.931. The van der Waals surface area contributed by atoms with Crippen molar-refractivity contribution in [3.63, 3.8) is 0 Å². The number of amidine groups is 1. The molecule has 0 radical (unpaired) electrons. The van der Waals surface area contributed by atoms with Gasteiger partial charge in [0.25, 0.3) is 0 Å². The van der Waals surface area contributed by atoms with Gasteiger partial charge in [-0.1, -0.05) is 48.5 Å². The number of amides is 1. The van der Waals surface area contributed by atoms with Crippen LogP contribution < -0.4 is 15.4 Å². The summed E-state index contributed by atoms with van der Waals surface area (Å²) >= 11 is 0. The van der Waals surface area contributed by atoms with Crippen LogP contribution in [-0.2, 0) is 21.2 Å². The van der Waals surface area contributed by atoms with Crippen molar-refractivity contribution in [1.82, 2.24) is 9.62 Å². The second kappa shape index (κ2) is 11.9. The largest absolute Gasteiger partial charge is 0.384 e. The number of hydrogen-bond acceptors (Lipinski definition) is 4. The molecule has 2 aliphatic heterocycles. The summed E-state index contributed by atoms with van der Waals surface area (Å²) in [5, 5.41) is 9.54. The molecule has 1 unspecified atom stereocenters. The first kappa shape index (κ1) is 27.3. The van der Waals surface area contributed by atoms with Crippen LogP contribution in [0.5, 0.6) is 0 Å². The summed E-state index contributed by atoms with van der Waals surface area (Å²) < 4.78 is 29.9. The van der Waals surface area contributed by atoms with E-state index in [4.69, 9.17) is 11.1 Å². The van der Waals surface area contributed by atoms with Crippen LogP contribution >= 0.6 is 0 Å². The molecule has 0 saturated carbocycles. The predicted molar refractivity (Wildman–Crippen MR) is 153 cm³/mol. The van der Waals surface area contributed by atoms with Crippen LogP contribution in [-0.4, -0.2) is 63.3 Å². The average molecular weight is 549 g/mol. The summed E-state index contributed by atoms with van der Waals surface area (Å²) in [6.07, 6.45) is 5.89. The Labute approximate surface area is 230 Å². The Bertz CT molecular complexity index is 1440. The van der Waals surface area contributed by atoms with E-state index in [1.54, 1.807) is 41.3 Å². The molecule has 2 fully saturated rings. The Morgan fingerprint density at radius 2 is 1.69 bits per heavy atom. The number of carbonyl (C=O) groups is 1. The molecule has 2 heterocycles. The van der Waals surface area contributed by atoms with E-state index in [0.717, 1.165) is 29.2 Å². The van der Waals surface area contributed by atoms with Crippen molar-refractivity contribution in [3.05, 3.63) is 77.9 Å². The maximum atomic E-state index is 13.9. The number of carbonyl (C=O) groups excluding carboxylic acids is 1. The minimum absolute atomic E-state index is 0.0706. The van der Waals surface area contributed by atoms with Gasteiger partial charge in [0, 0.05) is 31.5 Å². The van der Waals surface area contributed by atoms with Gasteiger partial charge < -0.3 is 15.5 Å². The molecule has 0 aromatic heterocycles. The molecule has 5 N–H and O–H groups in total. The van der Waals surface area contributed by atoms with Gasteiger partial charge in [-0.15, -0.1) is 0 Å². The number of fused-ring (bicyclic) bond motifs is 1. The van der Waals surface area contributed by atoms with Crippen molar-refractivity contribution in [2.24, 2.45) is 5.73 Å². The lowest BCUT2D eigenvalue weighted by Crippen LogP contribution is -3.16. The third kappa shape index (κ3) is 6.49. The zero-order valence-electron chi connectivity index (χ0n) is 22.2. The van der Waals surface area contributed by atoms with E-state index >= 15 is 0 Å². The van der Waals surface area contributed by atoms with E-state index in [-0.39, 0.29) is 23.1 Å². The topological polar surface area (TPSA) is 121 Å². The molecule has 3 aromatic rings. The number of hydrogen-bond donors (Lipinski definition) is 4. The number of nitrogens with zero attached hydrogens (tertiary/aromatic N) is 1. The molecule has 0 spiro atoms. The van der Waals surface area contributed by atoms with Crippen LogP contribution in [0.2, 0.25) is 0 Å². The highest BCUT2D eigenvalue weighted by molar-refractivity contribution is 7.89. The fourth-order valence-electron chi connectivity index (χ4n) is 6.01. The Balaban J connectivity index is 1.37. The summed E-state index contributed by atoms with van der Waals surface area (Å²) in [6, 6.07) is 19.3. The molecule has 2 saturated heterocycles. The highest BCUT2D eigenvalue weighted by Crippen LogP contribution is 2.21. The molecule has 0 aliphatic carbocycles. The molecular formula is C30H38N5O3S+. The fourth-order valence-corrected chi connectivity index (χ4v) is 7.24. The minimum Gasteiger partial charge on any atom is -0.384 e. The van der Waals surface area contributed by atoms with Gasteiger partial charge in [0.15, 0.2) is 0 Å². The predicted octanol–water partition coefficient (Wildman–Crippen LogP) is 2.07. The third-order valence-corrected chi connectivity index (χ3v) is 9.65. The summed E-state index contributed by atoms with van der Waals surface area (Å²) in [6.45, 7) is 3.68. The van der Waals surface area contributed by atoms with Gasteiger partial charge in [-0.05, 0) is 60.2 Å². The highest BCUT2D eigenvalue weighted by atomic mass is 32.2. The molecule has 1 amide bonds. The second-order valence-corrected chi connectivity index (χ2v) is 12.5. The first-order valence-electron chi connectivity index (χ1n) is 13.9. The van der Waals surface area contributed by atoms with E-state index in [2.05, 4.69) is 4.72 Å². The Morgan fingerprint density at radius 3 is 2.41 bits per heavy atom. The van der Waals surface area contributed by atoms with Crippen molar-refractivity contribution in [2.45, 2.75) is 55.5 Å². The molecule has 1 atom stereocenters. The first-order chi connectivity index (χ1) is 18.8. The van der Waals surface area contributed by atoms with Crippen molar-refractivity contribution >= 4 is 32.5 Å². The molecule has 0 bridgehead atoms. The number of nitrogens with one attached hydrogen (secondary N) is 3. The number of likely N-dealkylation sites (tertiary alicyclic amines) is 2. The summed E-state index contributed by atoms with van der Waals surface area (Å²) in [5.41, 5.74) is 6.97. The Morgan fingerprint density at radius 1 is 0.974 bits per heavy atom. The van der Waals surface area contributed by atoms with E-state index < -0.39 is 16.1 Å². The standard InChI is InChI=1S/C30H37N5O3S/c31-29(32)25-10-6-7-22(19-25)20-28(30(36)35-17-13-26(14-18-35)34-15-4-1-5-16-34)33-39(37,38)27-12-11-23-8-2-3-9-24(23)21-27/h2-3,6-12,19,21,26,28,33H,1,4-5,13-18,20H2,(H3,31,32)/p+1. The molecule has 3 aromatic carbocycles. The van der Waals surface area contributed by atoms with Gasteiger partial charge in [0.1, 0.15) is 11.9 Å². The second-order valence-electron chi connectivity index (χ2n) is 10.8. The van der Waals surface area contributed by atoms with E-state index in [1.807, 2.05) is 35.2 Å². The zero-order valence-corrected chi connectivity index (χ0v) is 23.1. The quantitative estimate of drug-likeness (QED) is 0.254. The molecule has 8 nitrogen and oxygen atoms in total. The van der Waals surface area contributed by atoms with E-state index in [1.165, 1.54) is 32.4 Å². The number of quaternary nitrogens is 1. The molecule has 2 aliphatic rings. The third-order valence-electron chi connectivity index (χ3n) is 8.18. The van der Waals surface area contributed by atoms with Crippen LogP contribution in [0.25, 0.3) is 10.8 Å². The lowest BCUT2D eigenvalue weighted by atomic mass is 9.98. The Kier molecular flexibility index (Phi) is 8.30. The van der Waals surface area contributed by atoms with Crippen LogP contribution in [0.3, 0.4) is 0 Å². The average Bonchev–Trinajstić information content (AvgIpc) is 2.97. The summed E-state index contributed by atoms with van der Waals surface area (Å²) in [5.74, 6) is -0.279. The monoisotopic (exact) mass is 548 g/mol. The van der Waals surface area contributed by atoms with Gasteiger partial charge in [-0.2, -0.15) is 4.72 Å². The number of sulfonamides is 1. The van der Waals surface area contributed by atoms with Gasteiger partial charge in [0.2, 0.25) is 15.9 Å². The molecule has 39 heavy (non-hydrogen) atoms. The minimum atomic E-state index is -3.98. The molecular weight excluding hydrogens is 510 g/mol. The molecule has 9 heteroatoms. The van der Waals surface area contributed by atoms with Gasteiger partial charge in [-0.25, -0.2) is 8.42 Å². The number of nitrogen functional groups attached to an aromatic ring is 1. The van der Waals surface area contributed by atoms with Crippen molar-refractivity contribution < 1.29 is 18.1 Å². The summed E-state index contributed by atoms with van der Waals surface area (Å²) in [7, 11) is -3.98. The van der Waals surface area contributed by atoms with Crippen LogP contribution in [0, 0.1) is 5.41 Å². The number of nitrogens with two attached hydrogens (primary N) is 1. The Hall–Kier alpha value is -3.27. The first-order valence-corrected chi connectivity index (χ1v) is 15.4. The van der Waals surface area contributed by atoms with Crippen molar-refractivity contribution in [1.29, 1.82) is 5.41 Å². The van der Waals surface area contributed by atoms with Gasteiger partial charge in [-0.3, -0.25) is 10.2 Å². The normalized spacial score (nSPS) is 18.2. The van der Waals surface area contributed by atoms with Crippen molar-refractivity contribution in [3.8, 4) is 0 Å². The highest BCUT2D eigenvalue weighted by Gasteiger charge is 2.35. The van der Waals surface area contributed by atoms with E-state index in [0.29, 0.717) is 24.7 Å². The molecule has 206 valence electrons. The number of rotatable bonds is 8. The molecule has 5 rings (SSSR count).